The summed E-state index contributed by atoms with van der Waals surface area (Å²) in [5.74, 6) is 1.81. The number of aryl methyl sites for hydroxylation is 3. The van der Waals surface area contributed by atoms with Crippen LogP contribution in [0, 0.1) is 27.7 Å². The fourth-order valence-corrected chi connectivity index (χ4v) is 2.00. The molecule has 0 amide bonds. The van der Waals surface area contributed by atoms with E-state index < -0.39 is 0 Å². The van der Waals surface area contributed by atoms with E-state index in [-0.39, 0.29) is 0 Å². The van der Waals surface area contributed by atoms with Crippen molar-refractivity contribution >= 4 is 0 Å². The lowest BCUT2D eigenvalue weighted by atomic mass is 10.1. The largest absolute Gasteiger partial charge is 0.457 e. The van der Waals surface area contributed by atoms with Crippen molar-refractivity contribution in [1.82, 2.24) is 0 Å². The summed E-state index contributed by atoms with van der Waals surface area (Å²) in [6.07, 6.45) is 0. The molecular formula is C16H17O. The van der Waals surface area contributed by atoms with E-state index in [1.807, 2.05) is 24.3 Å². The van der Waals surface area contributed by atoms with E-state index >= 15 is 0 Å². The first-order chi connectivity index (χ1) is 8.06. The number of hydrogen-bond acceptors (Lipinski definition) is 1. The highest BCUT2D eigenvalue weighted by atomic mass is 16.5. The van der Waals surface area contributed by atoms with Crippen LogP contribution in [0.4, 0.5) is 0 Å². The van der Waals surface area contributed by atoms with Gasteiger partial charge in [0.15, 0.2) is 0 Å². The summed E-state index contributed by atoms with van der Waals surface area (Å²) in [6.45, 7) is 10.1. The van der Waals surface area contributed by atoms with Crippen molar-refractivity contribution < 1.29 is 4.74 Å². The first-order valence-corrected chi connectivity index (χ1v) is 5.74. The maximum Gasteiger partial charge on any atom is 0.133 e. The Hall–Kier alpha value is -1.76. The number of ether oxygens (including phenoxy) is 1. The van der Waals surface area contributed by atoms with E-state index in [9.17, 15) is 0 Å². The third-order valence-electron chi connectivity index (χ3n) is 2.75. The molecule has 2 aromatic carbocycles. The fourth-order valence-electron chi connectivity index (χ4n) is 2.00. The zero-order valence-electron chi connectivity index (χ0n) is 10.6. The molecule has 0 saturated heterocycles. The molecule has 0 fully saturated rings. The summed E-state index contributed by atoms with van der Waals surface area (Å²) >= 11 is 0. The molecule has 0 saturated carbocycles. The average molecular weight is 225 g/mol. The Morgan fingerprint density at radius 1 is 0.882 bits per heavy atom. The van der Waals surface area contributed by atoms with Gasteiger partial charge in [0.2, 0.25) is 0 Å². The molecule has 0 spiro atoms. The van der Waals surface area contributed by atoms with Gasteiger partial charge < -0.3 is 4.74 Å². The second kappa shape index (κ2) is 4.62. The molecule has 1 heteroatoms. The minimum absolute atomic E-state index is 0.854. The molecule has 0 aliphatic heterocycles. The zero-order valence-corrected chi connectivity index (χ0v) is 10.6. The smallest absolute Gasteiger partial charge is 0.133 e. The maximum atomic E-state index is 5.92. The lowest BCUT2D eigenvalue weighted by molar-refractivity contribution is 0.475. The van der Waals surface area contributed by atoms with E-state index in [0.717, 1.165) is 17.1 Å². The SMILES string of the molecule is [CH2]c1ccc(Oc2c(C)cc(C)cc2C)cc1. The predicted octanol–water partition coefficient (Wildman–Crippen LogP) is 4.59. The topological polar surface area (TPSA) is 9.23 Å². The van der Waals surface area contributed by atoms with Crippen molar-refractivity contribution in [3.05, 3.63) is 65.6 Å². The van der Waals surface area contributed by atoms with Gasteiger partial charge in [0.25, 0.3) is 0 Å². The molecule has 2 rings (SSSR count). The third kappa shape index (κ3) is 2.68. The minimum atomic E-state index is 0.854. The normalized spacial score (nSPS) is 10.4. The summed E-state index contributed by atoms with van der Waals surface area (Å²) in [7, 11) is 0. The first-order valence-electron chi connectivity index (χ1n) is 5.74. The Balaban J connectivity index is 2.33. The van der Waals surface area contributed by atoms with Crippen LogP contribution < -0.4 is 4.74 Å². The standard InChI is InChI=1S/C16H17O/c1-11-5-7-15(8-6-11)17-16-13(3)9-12(2)10-14(16)4/h5-10H,1H2,2-4H3. The summed E-state index contributed by atoms with van der Waals surface area (Å²) in [5, 5.41) is 0. The van der Waals surface area contributed by atoms with E-state index in [2.05, 4.69) is 39.8 Å². The van der Waals surface area contributed by atoms with Crippen molar-refractivity contribution in [2.75, 3.05) is 0 Å². The van der Waals surface area contributed by atoms with Gasteiger partial charge in [-0.1, -0.05) is 29.8 Å². The molecule has 87 valence electrons. The van der Waals surface area contributed by atoms with Gasteiger partial charge in [-0.3, -0.25) is 0 Å². The molecular weight excluding hydrogens is 208 g/mol. The summed E-state index contributed by atoms with van der Waals surface area (Å²) < 4.78 is 5.92. The second-order valence-corrected chi connectivity index (χ2v) is 4.47. The van der Waals surface area contributed by atoms with Gasteiger partial charge in [0.05, 0.1) is 0 Å². The van der Waals surface area contributed by atoms with Crippen LogP contribution in [0.15, 0.2) is 36.4 Å². The Morgan fingerprint density at radius 2 is 1.41 bits per heavy atom. The lowest BCUT2D eigenvalue weighted by Gasteiger charge is -2.12. The van der Waals surface area contributed by atoms with Crippen molar-refractivity contribution in [3.8, 4) is 11.5 Å². The van der Waals surface area contributed by atoms with Gasteiger partial charge >= 0.3 is 0 Å². The lowest BCUT2D eigenvalue weighted by Crippen LogP contribution is -1.92. The van der Waals surface area contributed by atoms with Crippen LogP contribution >= 0.6 is 0 Å². The highest BCUT2D eigenvalue weighted by Gasteiger charge is 2.06. The van der Waals surface area contributed by atoms with Gasteiger partial charge in [-0.15, -0.1) is 0 Å². The minimum Gasteiger partial charge on any atom is -0.457 e. The zero-order chi connectivity index (χ0) is 12.4. The number of benzene rings is 2. The highest BCUT2D eigenvalue weighted by Crippen LogP contribution is 2.29. The maximum absolute atomic E-state index is 5.92. The number of rotatable bonds is 2. The van der Waals surface area contributed by atoms with Crippen LogP contribution in [0.25, 0.3) is 0 Å². The Labute approximate surface area is 103 Å². The van der Waals surface area contributed by atoms with Crippen LogP contribution in [0.2, 0.25) is 0 Å². The Bertz CT molecular complexity index is 501. The van der Waals surface area contributed by atoms with E-state index in [0.29, 0.717) is 0 Å². The van der Waals surface area contributed by atoms with Crippen molar-refractivity contribution in [2.45, 2.75) is 20.8 Å². The van der Waals surface area contributed by atoms with Crippen LogP contribution in [0.3, 0.4) is 0 Å². The average Bonchev–Trinajstić information content (AvgIpc) is 2.26. The molecule has 0 unspecified atom stereocenters. The summed E-state index contributed by atoms with van der Waals surface area (Å²) in [5.41, 5.74) is 4.59. The second-order valence-electron chi connectivity index (χ2n) is 4.47. The molecule has 1 nitrogen and oxygen atoms in total. The van der Waals surface area contributed by atoms with Gasteiger partial charge in [-0.2, -0.15) is 0 Å². The van der Waals surface area contributed by atoms with E-state index in [1.165, 1.54) is 16.7 Å². The monoisotopic (exact) mass is 225 g/mol. The van der Waals surface area contributed by atoms with Gasteiger partial charge in [-0.05, 0) is 56.5 Å². The molecule has 0 N–H and O–H groups in total. The van der Waals surface area contributed by atoms with Crippen LogP contribution in [-0.2, 0) is 0 Å². The van der Waals surface area contributed by atoms with Gasteiger partial charge in [-0.25, -0.2) is 0 Å². The molecule has 0 heterocycles. The van der Waals surface area contributed by atoms with E-state index in [4.69, 9.17) is 4.74 Å². The third-order valence-corrected chi connectivity index (χ3v) is 2.75. The fraction of sp³-hybridized carbons (Fsp3) is 0.188. The molecule has 0 aliphatic rings. The van der Waals surface area contributed by atoms with Gasteiger partial charge in [0, 0.05) is 0 Å². The summed E-state index contributed by atoms with van der Waals surface area (Å²) in [4.78, 5) is 0. The van der Waals surface area contributed by atoms with Crippen molar-refractivity contribution in [1.29, 1.82) is 0 Å². The Morgan fingerprint density at radius 3 is 1.94 bits per heavy atom. The van der Waals surface area contributed by atoms with Crippen LogP contribution in [-0.4, -0.2) is 0 Å². The molecule has 17 heavy (non-hydrogen) atoms. The molecule has 1 radical (unpaired) electrons. The van der Waals surface area contributed by atoms with Crippen LogP contribution in [0.5, 0.6) is 11.5 Å². The predicted molar refractivity (Wildman–Crippen MR) is 71.6 cm³/mol. The summed E-state index contributed by atoms with van der Waals surface area (Å²) in [6, 6.07) is 12.1. The first kappa shape index (κ1) is 11.7. The number of hydrogen-bond donors (Lipinski definition) is 0. The van der Waals surface area contributed by atoms with Crippen LogP contribution in [0.1, 0.15) is 22.3 Å². The van der Waals surface area contributed by atoms with Gasteiger partial charge in [0.1, 0.15) is 11.5 Å². The Kier molecular flexibility index (Phi) is 3.19. The molecule has 0 aliphatic carbocycles. The molecule has 2 aromatic rings. The quantitative estimate of drug-likeness (QED) is 0.726. The van der Waals surface area contributed by atoms with Crippen molar-refractivity contribution in [2.24, 2.45) is 0 Å². The van der Waals surface area contributed by atoms with Crippen molar-refractivity contribution in [3.63, 3.8) is 0 Å². The van der Waals surface area contributed by atoms with E-state index in [1.54, 1.807) is 0 Å². The highest BCUT2D eigenvalue weighted by molar-refractivity contribution is 5.45. The molecule has 0 aromatic heterocycles. The molecule has 0 atom stereocenters. The molecule has 0 bridgehead atoms.